The summed E-state index contributed by atoms with van der Waals surface area (Å²) in [6.07, 6.45) is 2.20. The first-order valence-electron chi connectivity index (χ1n) is 5.06. The molecule has 0 unspecified atom stereocenters. The average Bonchev–Trinajstić information content (AvgIpc) is 2.03. The molecule has 0 amide bonds. The standard InChI is InChI=1S/C10H22N2O/c1-10(2,13)9-5-7-12(8-6-9)11(3)4/h9,13H,5-8H2,1-4H3. The fourth-order valence-electron chi connectivity index (χ4n) is 1.97. The summed E-state index contributed by atoms with van der Waals surface area (Å²) in [6, 6.07) is 0. The monoisotopic (exact) mass is 186 g/mol. The second-order valence-corrected chi connectivity index (χ2v) is 4.73. The van der Waals surface area contributed by atoms with Gasteiger partial charge in [-0.15, -0.1) is 0 Å². The van der Waals surface area contributed by atoms with E-state index in [0.29, 0.717) is 5.92 Å². The van der Waals surface area contributed by atoms with E-state index >= 15 is 0 Å². The maximum atomic E-state index is 9.84. The molecule has 1 saturated heterocycles. The van der Waals surface area contributed by atoms with Crippen LogP contribution in [0.25, 0.3) is 0 Å². The van der Waals surface area contributed by atoms with Crippen molar-refractivity contribution in [2.45, 2.75) is 32.3 Å². The molecule has 0 aliphatic carbocycles. The molecular formula is C10H22N2O. The van der Waals surface area contributed by atoms with Gasteiger partial charge in [0.2, 0.25) is 0 Å². The van der Waals surface area contributed by atoms with Crippen molar-refractivity contribution in [3.63, 3.8) is 0 Å². The molecule has 3 heteroatoms. The summed E-state index contributed by atoms with van der Waals surface area (Å²) in [7, 11) is 4.15. The lowest BCUT2D eigenvalue weighted by atomic mass is 9.83. The van der Waals surface area contributed by atoms with E-state index in [0.717, 1.165) is 25.9 Å². The summed E-state index contributed by atoms with van der Waals surface area (Å²) >= 11 is 0. The lowest BCUT2D eigenvalue weighted by Crippen LogP contribution is -2.46. The van der Waals surface area contributed by atoms with Gasteiger partial charge in [0.05, 0.1) is 5.60 Å². The Hall–Kier alpha value is -0.120. The first kappa shape index (κ1) is 11.0. The van der Waals surface area contributed by atoms with Gasteiger partial charge in [-0.25, -0.2) is 10.0 Å². The van der Waals surface area contributed by atoms with Gasteiger partial charge in [0, 0.05) is 27.2 Å². The Balaban J connectivity index is 2.39. The lowest BCUT2D eigenvalue weighted by Gasteiger charge is -2.40. The molecule has 1 fully saturated rings. The summed E-state index contributed by atoms with van der Waals surface area (Å²) < 4.78 is 0. The minimum Gasteiger partial charge on any atom is -0.390 e. The molecule has 78 valence electrons. The topological polar surface area (TPSA) is 26.7 Å². The van der Waals surface area contributed by atoms with E-state index in [9.17, 15) is 5.11 Å². The van der Waals surface area contributed by atoms with E-state index in [4.69, 9.17) is 0 Å². The van der Waals surface area contributed by atoms with Crippen LogP contribution < -0.4 is 0 Å². The van der Waals surface area contributed by atoms with Crippen LogP contribution in [0.4, 0.5) is 0 Å². The summed E-state index contributed by atoms with van der Waals surface area (Å²) in [5.74, 6) is 0.462. The van der Waals surface area contributed by atoms with Gasteiger partial charge >= 0.3 is 0 Å². The van der Waals surface area contributed by atoms with Gasteiger partial charge < -0.3 is 5.11 Å². The van der Waals surface area contributed by atoms with Crippen LogP contribution in [0.5, 0.6) is 0 Å². The lowest BCUT2D eigenvalue weighted by molar-refractivity contribution is -0.0586. The Morgan fingerprint density at radius 1 is 1.23 bits per heavy atom. The molecule has 1 N–H and O–H groups in total. The van der Waals surface area contributed by atoms with Crippen LogP contribution in [-0.4, -0.2) is 47.9 Å². The minimum atomic E-state index is -0.502. The van der Waals surface area contributed by atoms with Crippen molar-refractivity contribution in [2.24, 2.45) is 5.92 Å². The molecule has 13 heavy (non-hydrogen) atoms. The molecule has 3 nitrogen and oxygen atoms in total. The zero-order valence-electron chi connectivity index (χ0n) is 9.25. The molecule has 0 spiro atoms. The molecule has 1 heterocycles. The number of hydrazine groups is 1. The van der Waals surface area contributed by atoms with Gasteiger partial charge in [-0.2, -0.15) is 0 Å². The zero-order chi connectivity index (χ0) is 10.1. The van der Waals surface area contributed by atoms with Gasteiger partial charge in [-0.05, 0) is 32.6 Å². The molecular weight excluding hydrogens is 164 g/mol. The zero-order valence-corrected chi connectivity index (χ0v) is 9.25. The fourth-order valence-corrected chi connectivity index (χ4v) is 1.97. The third kappa shape index (κ3) is 2.93. The van der Waals surface area contributed by atoms with Crippen molar-refractivity contribution in [1.29, 1.82) is 0 Å². The minimum absolute atomic E-state index is 0.462. The highest BCUT2D eigenvalue weighted by Crippen LogP contribution is 2.27. The molecule has 0 bridgehead atoms. The van der Waals surface area contributed by atoms with Crippen molar-refractivity contribution in [3.05, 3.63) is 0 Å². The molecule has 0 saturated carbocycles. The Labute approximate surface area is 81.3 Å². The number of hydrogen-bond donors (Lipinski definition) is 1. The van der Waals surface area contributed by atoms with Gasteiger partial charge in [0.25, 0.3) is 0 Å². The first-order chi connectivity index (χ1) is 5.91. The molecule has 1 aliphatic heterocycles. The van der Waals surface area contributed by atoms with Crippen LogP contribution >= 0.6 is 0 Å². The average molecular weight is 186 g/mol. The smallest absolute Gasteiger partial charge is 0.0620 e. The summed E-state index contributed by atoms with van der Waals surface area (Å²) in [4.78, 5) is 0. The maximum Gasteiger partial charge on any atom is 0.0620 e. The first-order valence-corrected chi connectivity index (χ1v) is 5.06. The predicted molar refractivity (Wildman–Crippen MR) is 54.3 cm³/mol. The van der Waals surface area contributed by atoms with Crippen LogP contribution in [0.15, 0.2) is 0 Å². The molecule has 0 aromatic carbocycles. The summed E-state index contributed by atoms with van der Waals surface area (Å²) in [5, 5.41) is 14.3. The Kier molecular flexibility index (Phi) is 3.33. The quantitative estimate of drug-likeness (QED) is 0.695. The Morgan fingerprint density at radius 2 is 1.69 bits per heavy atom. The van der Waals surface area contributed by atoms with E-state index in [1.54, 1.807) is 0 Å². The number of hydrogen-bond acceptors (Lipinski definition) is 3. The highest BCUT2D eigenvalue weighted by Gasteiger charge is 2.30. The van der Waals surface area contributed by atoms with Crippen molar-refractivity contribution in [2.75, 3.05) is 27.2 Å². The van der Waals surface area contributed by atoms with E-state index in [1.165, 1.54) is 0 Å². The van der Waals surface area contributed by atoms with Crippen LogP contribution in [0, 0.1) is 5.92 Å². The fraction of sp³-hybridized carbons (Fsp3) is 1.00. The third-order valence-corrected chi connectivity index (χ3v) is 3.04. The maximum absolute atomic E-state index is 9.84. The number of aliphatic hydroxyl groups is 1. The van der Waals surface area contributed by atoms with E-state index in [2.05, 4.69) is 24.1 Å². The second-order valence-electron chi connectivity index (χ2n) is 4.73. The third-order valence-electron chi connectivity index (χ3n) is 3.04. The molecule has 0 radical (unpaired) electrons. The van der Waals surface area contributed by atoms with E-state index in [1.807, 2.05) is 13.8 Å². The summed E-state index contributed by atoms with van der Waals surface area (Å²) in [5.41, 5.74) is -0.502. The van der Waals surface area contributed by atoms with E-state index in [-0.39, 0.29) is 0 Å². The van der Waals surface area contributed by atoms with Gasteiger partial charge in [0.15, 0.2) is 0 Å². The van der Waals surface area contributed by atoms with E-state index < -0.39 is 5.60 Å². The molecule has 0 aromatic heterocycles. The van der Waals surface area contributed by atoms with Crippen molar-refractivity contribution >= 4 is 0 Å². The van der Waals surface area contributed by atoms with Crippen LogP contribution in [0.2, 0.25) is 0 Å². The second kappa shape index (κ2) is 3.95. The normalized spacial score (nSPS) is 22.6. The van der Waals surface area contributed by atoms with Crippen molar-refractivity contribution in [3.8, 4) is 0 Å². The predicted octanol–water partition coefficient (Wildman–Crippen LogP) is 0.946. The Bertz CT molecular complexity index is 155. The largest absolute Gasteiger partial charge is 0.390 e. The Morgan fingerprint density at radius 3 is 2.00 bits per heavy atom. The van der Waals surface area contributed by atoms with Gasteiger partial charge in [0.1, 0.15) is 0 Å². The van der Waals surface area contributed by atoms with Crippen LogP contribution in [0.3, 0.4) is 0 Å². The highest BCUT2D eigenvalue weighted by atomic mass is 16.3. The number of piperidine rings is 1. The van der Waals surface area contributed by atoms with Crippen molar-refractivity contribution < 1.29 is 5.11 Å². The molecule has 0 atom stereocenters. The van der Waals surface area contributed by atoms with Gasteiger partial charge in [-0.1, -0.05) is 0 Å². The molecule has 1 aliphatic rings. The highest BCUT2D eigenvalue weighted by molar-refractivity contribution is 4.81. The van der Waals surface area contributed by atoms with Crippen LogP contribution in [-0.2, 0) is 0 Å². The number of nitrogens with zero attached hydrogens (tertiary/aromatic N) is 2. The SMILES string of the molecule is CN(C)N1CCC(C(C)(C)O)CC1. The number of rotatable bonds is 2. The molecule has 1 rings (SSSR count). The van der Waals surface area contributed by atoms with Crippen LogP contribution in [0.1, 0.15) is 26.7 Å². The van der Waals surface area contributed by atoms with Gasteiger partial charge in [-0.3, -0.25) is 0 Å². The van der Waals surface area contributed by atoms with Crippen molar-refractivity contribution in [1.82, 2.24) is 10.0 Å². The summed E-state index contributed by atoms with van der Waals surface area (Å²) in [6.45, 7) is 5.98. The molecule has 0 aromatic rings.